The zero-order valence-electron chi connectivity index (χ0n) is 19.7. The fourth-order valence-corrected chi connectivity index (χ4v) is 4.79. The first-order chi connectivity index (χ1) is 16.0. The van der Waals surface area contributed by atoms with E-state index in [9.17, 15) is 19.2 Å². The average Bonchev–Trinajstić information content (AvgIpc) is 3.52. The van der Waals surface area contributed by atoms with Crippen LogP contribution >= 0.6 is 0 Å². The van der Waals surface area contributed by atoms with Crippen LogP contribution in [0.5, 0.6) is 0 Å². The Hall–Kier alpha value is -2.70. The third-order valence-electron chi connectivity index (χ3n) is 6.61. The molecule has 0 aliphatic carbocycles. The van der Waals surface area contributed by atoms with Gasteiger partial charge >= 0.3 is 5.97 Å². The van der Waals surface area contributed by atoms with Gasteiger partial charge in [0.15, 0.2) is 12.4 Å². The highest BCUT2D eigenvalue weighted by atomic mass is 16.5. The van der Waals surface area contributed by atoms with E-state index in [1.807, 2.05) is 0 Å². The van der Waals surface area contributed by atoms with E-state index in [-0.39, 0.29) is 24.2 Å². The van der Waals surface area contributed by atoms with E-state index in [0.717, 1.165) is 38.5 Å². The molecule has 0 saturated carbocycles. The van der Waals surface area contributed by atoms with Gasteiger partial charge in [-0.1, -0.05) is 50.8 Å². The van der Waals surface area contributed by atoms with E-state index in [1.165, 1.54) is 6.42 Å². The zero-order chi connectivity index (χ0) is 23.6. The summed E-state index contributed by atoms with van der Waals surface area (Å²) in [5.41, 5.74) is 0.388. The van der Waals surface area contributed by atoms with Crippen LogP contribution in [0, 0.1) is 0 Å². The molecular weight excluding hydrogens is 420 g/mol. The monoisotopic (exact) mass is 456 g/mol. The van der Waals surface area contributed by atoms with E-state index in [1.54, 1.807) is 40.1 Å². The minimum Gasteiger partial charge on any atom is -0.454 e. The standard InChI is InChI=1S/C26H36N2O5/c1-2-3-4-5-9-16-24(30)27-17-11-15-22(27)25(31)28-18-10-14-21(28)23(29)19-33-26(32)20-12-7-6-8-13-20/h6-8,12-13,21-22H,2-5,9-11,14-19H2,1H3. The van der Waals surface area contributed by atoms with Crippen molar-refractivity contribution in [2.24, 2.45) is 0 Å². The van der Waals surface area contributed by atoms with Crippen LogP contribution in [0.1, 0.15) is 81.5 Å². The number of carbonyl (C=O) groups excluding carboxylic acids is 4. The minimum absolute atomic E-state index is 0.0428. The molecular formula is C26H36N2O5. The molecule has 7 heteroatoms. The third-order valence-corrected chi connectivity index (χ3v) is 6.61. The van der Waals surface area contributed by atoms with Gasteiger partial charge in [-0.05, 0) is 44.2 Å². The van der Waals surface area contributed by atoms with Crippen LogP contribution in [-0.2, 0) is 19.1 Å². The maximum Gasteiger partial charge on any atom is 0.338 e. The molecule has 2 aliphatic heterocycles. The second-order valence-electron chi connectivity index (χ2n) is 9.01. The first-order valence-corrected chi connectivity index (χ1v) is 12.4. The SMILES string of the molecule is CCCCCCCC(=O)N1CCCC1C(=O)N1CCCC1C(=O)COC(=O)c1ccccc1. The Morgan fingerprint density at radius 2 is 1.55 bits per heavy atom. The zero-order valence-corrected chi connectivity index (χ0v) is 19.7. The first kappa shape index (κ1) is 24.9. The fraction of sp³-hybridized carbons (Fsp3) is 0.615. The highest BCUT2D eigenvalue weighted by molar-refractivity contribution is 5.96. The largest absolute Gasteiger partial charge is 0.454 e. The Morgan fingerprint density at radius 1 is 0.879 bits per heavy atom. The molecule has 3 rings (SSSR count). The second kappa shape index (κ2) is 12.5. The number of nitrogens with zero attached hydrogens (tertiary/aromatic N) is 2. The number of ether oxygens (including phenoxy) is 1. The summed E-state index contributed by atoms with van der Waals surface area (Å²) in [4.78, 5) is 54.4. The van der Waals surface area contributed by atoms with Crippen LogP contribution in [0.4, 0.5) is 0 Å². The molecule has 2 aliphatic rings. The van der Waals surface area contributed by atoms with Gasteiger partial charge in [-0.25, -0.2) is 4.79 Å². The minimum atomic E-state index is -0.590. The van der Waals surface area contributed by atoms with Crippen LogP contribution in [0.2, 0.25) is 0 Å². The molecule has 0 radical (unpaired) electrons. The van der Waals surface area contributed by atoms with Crippen molar-refractivity contribution in [1.82, 2.24) is 9.80 Å². The van der Waals surface area contributed by atoms with Crippen LogP contribution in [0.15, 0.2) is 30.3 Å². The highest BCUT2D eigenvalue weighted by Gasteiger charge is 2.41. The van der Waals surface area contributed by atoms with E-state index >= 15 is 0 Å². The Balaban J connectivity index is 1.53. The smallest absolute Gasteiger partial charge is 0.338 e. The molecule has 0 N–H and O–H groups in total. The molecule has 2 saturated heterocycles. The van der Waals surface area contributed by atoms with Crippen LogP contribution in [0.3, 0.4) is 0 Å². The topological polar surface area (TPSA) is 84.0 Å². The highest BCUT2D eigenvalue weighted by Crippen LogP contribution is 2.26. The lowest BCUT2D eigenvalue weighted by molar-refractivity contribution is -0.146. The number of unbranched alkanes of at least 4 members (excludes halogenated alkanes) is 4. The molecule has 0 spiro atoms. The lowest BCUT2D eigenvalue weighted by atomic mass is 10.1. The Kier molecular flexibility index (Phi) is 9.46. The number of Topliss-reactive ketones (excluding diaryl/α,β-unsaturated/α-hetero) is 1. The number of benzene rings is 1. The van der Waals surface area contributed by atoms with Crippen LogP contribution in [0.25, 0.3) is 0 Å². The van der Waals surface area contributed by atoms with Gasteiger partial charge in [-0.3, -0.25) is 14.4 Å². The van der Waals surface area contributed by atoms with Gasteiger partial charge < -0.3 is 14.5 Å². The van der Waals surface area contributed by atoms with Crippen molar-refractivity contribution in [3.8, 4) is 0 Å². The molecule has 7 nitrogen and oxygen atoms in total. The van der Waals surface area contributed by atoms with Gasteiger partial charge in [0.05, 0.1) is 11.6 Å². The van der Waals surface area contributed by atoms with Crippen LogP contribution < -0.4 is 0 Å². The number of hydrogen-bond donors (Lipinski definition) is 0. The molecule has 0 aromatic heterocycles. The van der Waals surface area contributed by atoms with E-state index in [0.29, 0.717) is 37.9 Å². The van der Waals surface area contributed by atoms with Crippen molar-refractivity contribution in [2.75, 3.05) is 19.7 Å². The van der Waals surface area contributed by atoms with Gasteiger partial charge in [0.25, 0.3) is 0 Å². The summed E-state index contributed by atoms with van der Waals surface area (Å²) >= 11 is 0. The van der Waals surface area contributed by atoms with E-state index < -0.39 is 18.1 Å². The summed E-state index contributed by atoms with van der Waals surface area (Å²) < 4.78 is 5.20. The number of carbonyl (C=O) groups is 4. The normalized spacial score (nSPS) is 20.2. The molecule has 2 atom stereocenters. The number of rotatable bonds is 11. The van der Waals surface area contributed by atoms with Crippen molar-refractivity contribution >= 4 is 23.6 Å². The Labute approximate surface area is 196 Å². The van der Waals surface area contributed by atoms with Crippen molar-refractivity contribution in [2.45, 2.75) is 83.2 Å². The number of esters is 1. The van der Waals surface area contributed by atoms with E-state index in [4.69, 9.17) is 4.74 Å². The van der Waals surface area contributed by atoms with E-state index in [2.05, 4.69) is 6.92 Å². The lowest BCUT2D eigenvalue weighted by Crippen LogP contribution is -2.51. The number of ketones is 1. The van der Waals surface area contributed by atoms with Crippen LogP contribution in [-0.4, -0.2) is 65.1 Å². The average molecular weight is 457 g/mol. The Morgan fingerprint density at radius 3 is 2.27 bits per heavy atom. The Bertz CT molecular complexity index is 825. The molecule has 33 heavy (non-hydrogen) atoms. The predicted molar refractivity (Wildman–Crippen MR) is 125 cm³/mol. The maximum atomic E-state index is 13.3. The number of amides is 2. The van der Waals surface area contributed by atoms with Gasteiger partial charge in [0.2, 0.25) is 11.8 Å². The number of hydrogen-bond acceptors (Lipinski definition) is 5. The molecule has 1 aromatic carbocycles. The van der Waals surface area contributed by atoms with Crippen molar-refractivity contribution in [3.63, 3.8) is 0 Å². The van der Waals surface area contributed by atoms with Gasteiger partial charge in [0, 0.05) is 19.5 Å². The molecule has 180 valence electrons. The van der Waals surface area contributed by atoms with Gasteiger partial charge in [-0.15, -0.1) is 0 Å². The molecule has 2 amide bonds. The first-order valence-electron chi connectivity index (χ1n) is 12.4. The molecule has 2 fully saturated rings. The fourth-order valence-electron chi connectivity index (χ4n) is 4.79. The number of likely N-dealkylation sites (tertiary alicyclic amines) is 2. The quantitative estimate of drug-likeness (QED) is 0.374. The summed E-state index contributed by atoms with van der Waals surface area (Å²) in [7, 11) is 0. The summed E-state index contributed by atoms with van der Waals surface area (Å²) in [6, 6.07) is 7.46. The molecule has 2 unspecified atom stereocenters. The van der Waals surface area contributed by atoms with Crippen molar-refractivity contribution < 1.29 is 23.9 Å². The summed E-state index contributed by atoms with van der Waals surface area (Å²) in [6.45, 7) is 2.91. The maximum absolute atomic E-state index is 13.3. The molecule has 1 aromatic rings. The summed E-state index contributed by atoms with van der Waals surface area (Å²) in [5.74, 6) is -0.915. The molecule has 2 heterocycles. The summed E-state index contributed by atoms with van der Waals surface area (Å²) in [5, 5.41) is 0. The van der Waals surface area contributed by atoms with Gasteiger partial charge in [0.1, 0.15) is 6.04 Å². The van der Waals surface area contributed by atoms with Crippen molar-refractivity contribution in [1.29, 1.82) is 0 Å². The van der Waals surface area contributed by atoms with Gasteiger partial charge in [-0.2, -0.15) is 0 Å². The molecule has 0 bridgehead atoms. The third kappa shape index (κ3) is 6.65. The second-order valence-corrected chi connectivity index (χ2v) is 9.01. The summed E-state index contributed by atoms with van der Waals surface area (Å²) in [6.07, 6.45) is 8.59. The lowest BCUT2D eigenvalue weighted by Gasteiger charge is -2.31. The predicted octanol–water partition coefficient (Wildman–Crippen LogP) is 3.76. The van der Waals surface area contributed by atoms with Crippen molar-refractivity contribution in [3.05, 3.63) is 35.9 Å².